The molecule has 0 spiro atoms. The van der Waals surface area contributed by atoms with E-state index in [-0.39, 0.29) is 10.8 Å². The summed E-state index contributed by atoms with van der Waals surface area (Å²) in [7, 11) is 0. The molecule has 0 amide bonds. The van der Waals surface area contributed by atoms with Crippen molar-refractivity contribution in [3.8, 4) is 66.8 Å². The molecule has 0 radical (unpaired) electrons. The maximum Gasteiger partial charge on any atom is 0.0709 e. The average Bonchev–Trinajstić information content (AvgIpc) is 1.56. The number of hydrogen-bond donors (Lipinski definition) is 0. The summed E-state index contributed by atoms with van der Waals surface area (Å²) in [5.74, 6) is 0. The van der Waals surface area contributed by atoms with E-state index in [9.17, 15) is 0 Å². The summed E-state index contributed by atoms with van der Waals surface area (Å²) >= 11 is 0. The highest BCUT2D eigenvalue weighted by atomic mass is 14.7. The number of rotatable bonds is 36. The van der Waals surface area contributed by atoms with Crippen LogP contribution in [0.25, 0.3) is 113 Å². The molecule has 11 aromatic rings. The first-order chi connectivity index (χ1) is 49.4. The summed E-state index contributed by atoms with van der Waals surface area (Å²) < 4.78 is 0. The molecular formula is C98H108N2. The Morgan fingerprint density at radius 1 is 0.240 bits per heavy atom. The molecule has 2 aliphatic rings. The third-order valence-electron chi connectivity index (χ3n) is 22.7. The second-order valence-electron chi connectivity index (χ2n) is 29.6. The summed E-state index contributed by atoms with van der Waals surface area (Å²) in [5, 5.41) is 2.30. The summed E-state index contributed by atoms with van der Waals surface area (Å²) in [6, 6.07) is 83.5. The number of unbranched alkanes of at least 4 members (excludes halogenated alkanes) is 20. The number of fused-ring (bicyclic) bond motifs is 8. The van der Waals surface area contributed by atoms with Gasteiger partial charge in [-0.05, 0) is 199 Å². The van der Waals surface area contributed by atoms with Crippen LogP contribution in [0.5, 0.6) is 0 Å². The number of nitrogens with zero attached hydrogens (tertiary/aromatic N) is 2. The Balaban J connectivity index is 0.959. The van der Waals surface area contributed by atoms with Gasteiger partial charge in [-0.1, -0.05) is 352 Å². The zero-order valence-electron chi connectivity index (χ0n) is 60.8. The summed E-state index contributed by atoms with van der Waals surface area (Å²) in [6.07, 6.45) is 44.8. The number of pyridine rings is 2. The minimum Gasteiger partial charge on any atom is -0.248 e. The number of benzene rings is 9. The normalized spacial score (nSPS) is 13.4. The summed E-state index contributed by atoms with van der Waals surface area (Å²) in [4.78, 5) is 10.3. The molecule has 0 bridgehead atoms. The van der Waals surface area contributed by atoms with Gasteiger partial charge in [-0.3, -0.25) is 0 Å². The predicted molar refractivity (Wildman–Crippen MR) is 434 cm³/mol. The lowest BCUT2D eigenvalue weighted by Gasteiger charge is -2.34. The standard InChI is InChI=1S/C98H108N2/c1-5-9-13-17-21-35-63-97(64-36-22-18-14-10-6-2)91-69-77(73-39-27-25-28-40-73)51-59-85(91)86-60-52-78(70-92(86)97)79-53-61-87-88-62-54-82(72-94(88)98(93(87)71-79,65-37-23-19-15-11-7-3)66-38-24-20-16-12-8-4)90-68-80(49-57-83-55-47-75-43-31-33-45-95(75)99-83)89(74-41-29-26-30-42-74)67-81(90)50-58-84-56-48-76-44-32-34-46-96(76)100-84/h25-34,39-62,67-72H,5-24,35-38,63-66H2,1-4H3/b57-49+,58-50+. The number of hydrogen-bond acceptors (Lipinski definition) is 2. The van der Waals surface area contributed by atoms with Crippen molar-refractivity contribution in [3.05, 3.63) is 263 Å². The van der Waals surface area contributed by atoms with E-state index < -0.39 is 0 Å². The first kappa shape index (κ1) is 69.7. The van der Waals surface area contributed by atoms with Gasteiger partial charge in [0, 0.05) is 21.6 Å². The predicted octanol–water partition coefficient (Wildman–Crippen LogP) is 29.3. The Labute approximate surface area is 600 Å². The average molecular weight is 1310 g/mol. The molecular weight excluding hydrogens is 1210 g/mol. The van der Waals surface area contributed by atoms with Crippen molar-refractivity contribution in [2.75, 3.05) is 0 Å². The molecule has 0 N–H and O–H groups in total. The molecule has 510 valence electrons. The van der Waals surface area contributed by atoms with Crippen molar-refractivity contribution in [1.29, 1.82) is 0 Å². The van der Waals surface area contributed by atoms with E-state index in [1.807, 2.05) is 0 Å². The van der Waals surface area contributed by atoms with E-state index in [1.165, 1.54) is 245 Å². The highest BCUT2D eigenvalue weighted by Crippen LogP contribution is 2.59. The molecule has 2 aliphatic carbocycles. The molecule has 2 aromatic heterocycles. The summed E-state index contributed by atoms with van der Waals surface area (Å²) in [6.45, 7) is 9.39. The van der Waals surface area contributed by atoms with Gasteiger partial charge in [0.2, 0.25) is 0 Å². The fraction of sp³-hybridized carbons (Fsp3) is 0.347. The van der Waals surface area contributed by atoms with Crippen LogP contribution in [0, 0.1) is 0 Å². The van der Waals surface area contributed by atoms with Gasteiger partial charge in [0.1, 0.15) is 0 Å². The maximum absolute atomic E-state index is 5.19. The second-order valence-corrected chi connectivity index (χ2v) is 29.6. The van der Waals surface area contributed by atoms with Gasteiger partial charge in [0.25, 0.3) is 0 Å². The number of aromatic nitrogens is 2. The zero-order chi connectivity index (χ0) is 68.4. The lowest BCUT2D eigenvalue weighted by Crippen LogP contribution is -2.26. The maximum atomic E-state index is 5.19. The lowest BCUT2D eigenvalue weighted by atomic mass is 9.69. The molecule has 0 saturated carbocycles. The van der Waals surface area contributed by atoms with Crippen molar-refractivity contribution < 1.29 is 0 Å². The summed E-state index contributed by atoms with van der Waals surface area (Å²) in [5.41, 5.74) is 28.2. The van der Waals surface area contributed by atoms with Gasteiger partial charge in [-0.2, -0.15) is 0 Å². The van der Waals surface area contributed by atoms with Crippen LogP contribution in [0.2, 0.25) is 0 Å². The molecule has 0 atom stereocenters. The molecule has 2 heterocycles. The van der Waals surface area contributed by atoms with Crippen LogP contribution in [0.4, 0.5) is 0 Å². The van der Waals surface area contributed by atoms with Crippen molar-refractivity contribution in [2.24, 2.45) is 0 Å². The van der Waals surface area contributed by atoms with E-state index >= 15 is 0 Å². The van der Waals surface area contributed by atoms with Crippen LogP contribution < -0.4 is 0 Å². The molecule has 0 fully saturated rings. The zero-order valence-corrected chi connectivity index (χ0v) is 60.8. The van der Waals surface area contributed by atoms with Crippen molar-refractivity contribution >= 4 is 46.1 Å². The van der Waals surface area contributed by atoms with E-state index in [0.717, 1.165) is 51.6 Å². The highest BCUT2D eigenvalue weighted by molar-refractivity contribution is 5.94. The van der Waals surface area contributed by atoms with Crippen LogP contribution in [-0.4, -0.2) is 9.97 Å². The van der Waals surface area contributed by atoms with Crippen LogP contribution in [-0.2, 0) is 10.8 Å². The third-order valence-corrected chi connectivity index (χ3v) is 22.7. The molecule has 0 saturated heterocycles. The van der Waals surface area contributed by atoms with Crippen LogP contribution >= 0.6 is 0 Å². The minimum atomic E-state index is -0.161. The topological polar surface area (TPSA) is 25.8 Å². The van der Waals surface area contributed by atoms with Gasteiger partial charge in [0.05, 0.1) is 22.4 Å². The Hall–Kier alpha value is -8.72. The largest absolute Gasteiger partial charge is 0.248 e. The van der Waals surface area contributed by atoms with Gasteiger partial charge < -0.3 is 0 Å². The molecule has 13 rings (SSSR count). The van der Waals surface area contributed by atoms with Gasteiger partial charge >= 0.3 is 0 Å². The third kappa shape index (κ3) is 15.9. The van der Waals surface area contributed by atoms with Crippen molar-refractivity contribution in [1.82, 2.24) is 9.97 Å². The fourth-order valence-electron chi connectivity index (χ4n) is 17.2. The van der Waals surface area contributed by atoms with Gasteiger partial charge in [-0.15, -0.1) is 0 Å². The van der Waals surface area contributed by atoms with Gasteiger partial charge in [-0.25, -0.2) is 9.97 Å². The lowest BCUT2D eigenvalue weighted by molar-refractivity contribution is 0.397. The first-order valence-electron chi connectivity index (χ1n) is 39.4. The van der Waals surface area contributed by atoms with E-state index in [4.69, 9.17) is 9.97 Å². The molecule has 100 heavy (non-hydrogen) atoms. The van der Waals surface area contributed by atoms with E-state index in [0.29, 0.717) is 0 Å². The SMILES string of the molecule is CCCCCCCCC1(CCCCCCCC)c2cc(-c3ccccc3)ccc2-c2ccc(-c3ccc4c(c3)C(CCCCCCCC)(CCCCCCCC)c3cc(-c5cc(/C=C/c6ccc7ccccc7n6)c(-c6ccccc6)cc5/C=C/c5ccc6ccccc6n5)ccc3-4)cc21. The van der Waals surface area contributed by atoms with Crippen LogP contribution in [0.15, 0.2) is 218 Å². The van der Waals surface area contributed by atoms with Gasteiger partial charge in [0.15, 0.2) is 0 Å². The second kappa shape index (κ2) is 34.1. The molecule has 0 aliphatic heterocycles. The fourth-order valence-corrected chi connectivity index (χ4v) is 17.2. The smallest absolute Gasteiger partial charge is 0.0709 e. The van der Waals surface area contributed by atoms with Crippen molar-refractivity contribution in [3.63, 3.8) is 0 Å². The molecule has 0 unspecified atom stereocenters. The molecule has 9 aromatic carbocycles. The Morgan fingerprint density at radius 3 is 0.940 bits per heavy atom. The molecule has 2 heteroatoms. The minimum absolute atomic E-state index is 0.0496. The quantitative estimate of drug-likeness (QED) is 0.0366. The Kier molecular flexibility index (Phi) is 23.8. The molecule has 2 nitrogen and oxygen atoms in total. The van der Waals surface area contributed by atoms with E-state index in [2.05, 4.69) is 270 Å². The Morgan fingerprint density at radius 2 is 0.550 bits per heavy atom. The van der Waals surface area contributed by atoms with Crippen molar-refractivity contribution in [2.45, 2.75) is 218 Å². The van der Waals surface area contributed by atoms with Crippen LogP contribution in [0.3, 0.4) is 0 Å². The highest BCUT2D eigenvalue weighted by Gasteiger charge is 2.45. The monoisotopic (exact) mass is 1310 g/mol. The van der Waals surface area contributed by atoms with E-state index in [1.54, 1.807) is 16.7 Å². The number of para-hydroxylation sites is 2. The Bertz CT molecular complexity index is 4530. The first-order valence-corrected chi connectivity index (χ1v) is 39.4. The van der Waals surface area contributed by atoms with Crippen LogP contribution in [0.1, 0.15) is 252 Å².